The van der Waals surface area contributed by atoms with Gasteiger partial charge in [-0.05, 0) is 55.3 Å². The maximum Gasteiger partial charge on any atom is 0.262 e. The maximum absolute atomic E-state index is 12.7. The van der Waals surface area contributed by atoms with Gasteiger partial charge in [0.2, 0.25) is 0 Å². The molecule has 2 heterocycles. The molecular weight excluding hydrogens is 396 g/mol. The molecule has 0 aliphatic carbocycles. The molecule has 2 aliphatic heterocycles. The molecule has 1 saturated heterocycles. The van der Waals surface area contributed by atoms with Crippen molar-refractivity contribution in [3.63, 3.8) is 0 Å². The molecule has 150 valence electrons. The van der Waals surface area contributed by atoms with Crippen molar-refractivity contribution in [1.29, 1.82) is 0 Å². The van der Waals surface area contributed by atoms with E-state index in [1.165, 1.54) is 11.0 Å². The largest absolute Gasteiger partial charge is 0.484 e. The second-order valence-corrected chi connectivity index (χ2v) is 7.34. The minimum atomic E-state index is -0.382. The number of fused-ring (bicyclic) bond motifs is 1. The first-order valence-electron chi connectivity index (χ1n) is 9.31. The van der Waals surface area contributed by atoms with E-state index in [1.807, 2.05) is 0 Å². The first-order chi connectivity index (χ1) is 14.0. The number of rotatable bonds is 6. The fraction of sp³-hybridized carbons (Fsp3) is 0.286. The SMILES string of the molecule is O=C(COc1ccc(Cl)cc1)Nc1ccc2c(c1)C(=O)N(CC1CCCO1)C2=O. The number of nitrogens with zero attached hydrogens (tertiary/aromatic N) is 1. The van der Waals surface area contributed by atoms with Gasteiger partial charge in [0.1, 0.15) is 5.75 Å². The molecule has 3 amide bonds. The molecule has 2 aromatic carbocycles. The lowest BCUT2D eigenvalue weighted by molar-refractivity contribution is -0.118. The molecule has 7 nitrogen and oxygen atoms in total. The number of anilines is 1. The summed E-state index contributed by atoms with van der Waals surface area (Å²) in [6, 6.07) is 11.3. The maximum atomic E-state index is 12.7. The van der Waals surface area contributed by atoms with E-state index in [1.54, 1.807) is 36.4 Å². The number of benzene rings is 2. The van der Waals surface area contributed by atoms with E-state index >= 15 is 0 Å². The summed E-state index contributed by atoms with van der Waals surface area (Å²) in [5.41, 5.74) is 1.04. The van der Waals surface area contributed by atoms with Gasteiger partial charge >= 0.3 is 0 Å². The van der Waals surface area contributed by atoms with Gasteiger partial charge in [-0.1, -0.05) is 11.6 Å². The normalized spacial score (nSPS) is 18.1. The third-order valence-electron chi connectivity index (χ3n) is 4.85. The van der Waals surface area contributed by atoms with Gasteiger partial charge in [0, 0.05) is 17.3 Å². The number of carbonyl (C=O) groups is 3. The van der Waals surface area contributed by atoms with Gasteiger partial charge in [-0.2, -0.15) is 0 Å². The highest BCUT2D eigenvalue weighted by molar-refractivity contribution is 6.30. The van der Waals surface area contributed by atoms with Crippen molar-refractivity contribution < 1.29 is 23.9 Å². The van der Waals surface area contributed by atoms with Crippen LogP contribution in [-0.2, 0) is 9.53 Å². The first-order valence-corrected chi connectivity index (χ1v) is 9.69. The molecule has 0 bridgehead atoms. The number of ether oxygens (including phenoxy) is 2. The van der Waals surface area contributed by atoms with Crippen LogP contribution in [0.4, 0.5) is 5.69 Å². The smallest absolute Gasteiger partial charge is 0.262 e. The zero-order valence-electron chi connectivity index (χ0n) is 15.5. The second kappa shape index (κ2) is 8.23. The van der Waals surface area contributed by atoms with Crippen molar-refractivity contribution in [3.8, 4) is 5.75 Å². The van der Waals surface area contributed by atoms with Gasteiger partial charge in [-0.25, -0.2) is 0 Å². The Morgan fingerprint density at radius 1 is 1.14 bits per heavy atom. The summed E-state index contributed by atoms with van der Waals surface area (Å²) in [4.78, 5) is 38.6. The Kier molecular flexibility index (Phi) is 5.51. The molecule has 1 N–H and O–H groups in total. The molecular formula is C21H19ClN2O5. The molecule has 1 fully saturated rings. The lowest BCUT2D eigenvalue weighted by atomic mass is 10.1. The third-order valence-corrected chi connectivity index (χ3v) is 5.10. The highest BCUT2D eigenvalue weighted by Gasteiger charge is 2.37. The minimum Gasteiger partial charge on any atom is -0.484 e. The summed E-state index contributed by atoms with van der Waals surface area (Å²) in [5, 5.41) is 3.26. The molecule has 0 aromatic heterocycles. The summed E-state index contributed by atoms with van der Waals surface area (Å²) in [6.07, 6.45) is 1.66. The fourth-order valence-electron chi connectivity index (χ4n) is 3.40. The zero-order chi connectivity index (χ0) is 20.4. The highest BCUT2D eigenvalue weighted by Crippen LogP contribution is 2.27. The predicted molar refractivity (Wildman–Crippen MR) is 106 cm³/mol. The van der Waals surface area contributed by atoms with Gasteiger partial charge in [-0.3, -0.25) is 19.3 Å². The average Bonchev–Trinajstić information content (AvgIpc) is 3.31. The van der Waals surface area contributed by atoms with Gasteiger partial charge in [0.15, 0.2) is 6.61 Å². The van der Waals surface area contributed by atoms with Crippen LogP contribution in [0.25, 0.3) is 0 Å². The van der Waals surface area contributed by atoms with Crippen LogP contribution in [0, 0.1) is 0 Å². The van der Waals surface area contributed by atoms with Gasteiger partial charge in [0.25, 0.3) is 17.7 Å². The Balaban J connectivity index is 1.39. The van der Waals surface area contributed by atoms with Crippen molar-refractivity contribution in [1.82, 2.24) is 4.90 Å². The predicted octanol–water partition coefficient (Wildman–Crippen LogP) is 3.13. The number of amides is 3. The number of hydrogen-bond donors (Lipinski definition) is 1. The van der Waals surface area contributed by atoms with E-state index in [4.69, 9.17) is 21.1 Å². The van der Waals surface area contributed by atoms with E-state index in [0.29, 0.717) is 28.6 Å². The molecule has 0 radical (unpaired) electrons. The number of imide groups is 1. The standard InChI is InChI=1S/C21H19ClN2O5/c22-13-3-6-15(7-4-13)29-12-19(25)23-14-5-8-17-18(10-14)21(27)24(20(17)26)11-16-2-1-9-28-16/h3-8,10,16H,1-2,9,11-12H2,(H,23,25). The van der Waals surface area contributed by atoms with Crippen molar-refractivity contribution >= 4 is 35.0 Å². The third kappa shape index (κ3) is 4.26. The summed E-state index contributed by atoms with van der Waals surface area (Å²) < 4.78 is 10.9. The van der Waals surface area contributed by atoms with E-state index in [-0.39, 0.29) is 42.5 Å². The van der Waals surface area contributed by atoms with Gasteiger partial charge < -0.3 is 14.8 Å². The number of carbonyl (C=O) groups excluding carboxylic acids is 3. The molecule has 8 heteroatoms. The number of halogens is 1. The van der Waals surface area contributed by atoms with E-state index in [0.717, 1.165) is 12.8 Å². The second-order valence-electron chi connectivity index (χ2n) is 6.91. The van der Waals surface area contributed by atoms with Crippen LogP contribution in [0.15, 0.2) is 42.5 Å². The van der Waals surface area contributed by atoms with Crippen LogP contribution < -0.4 is 10.1 Å². The van der Waals surface area contributed by atoms with Crippen molar-refractivity contribution in [2.24, 2.45) is 0 Å². The van der Waals surface area contributed by atoms with Gasteiger partial charge in [0.05, 0.1) is 23.8 Å². The van der Waals surface area contributed by atoms with Crippen molar-refractivity contribution in [2.75, 3.05) is 25.1 Å². The minimum absolute atomic E-state index is 0.110. The Bertz CT molecular complexity index is 954. The first kappa shape index (κ1) is 19.4. The van der Waals surface area contributed by atoms with Crippen LogP contribution in [0.2, 0.25) is 5.02 Å². The molecule has 2 aromatic rings. The van der Waals surface area contributed by atoms with Gasteiger partial charge in [-0.15, -0.1) is 0 Å². The van der Waals surface area contributed by atoms with Crippen LogP contribution in [0.1, 0.15) is 33.6 Å². The summed E-state index contributed by atoms with van der Waals surface area (Å²) in [7, 11) is 0. The van der Waals surface area contributed by atoms with Crippen LogP contribution in [0.5, 0.6) is 5.75 Å². The Labute approximate surface area is 172 Å². The quantitative estimate of drug-likeness (QED) is 0.734. The summed E-state index contributed by atoms with van der Waals surface area (Å²) in [5.74, 6) is -0.560. The van der Waals surface area contributed by atoms with Crippen molar-refractivity contribution in [3.05, 3.63) is 58.6 Å². The van der Waals surface area contributed by atoms with E-state index in [9.17, 15) is 14.4 Å². The fourth-order valence-corrected chi connectivity index (χ4v) is 3.53. The Morgan fingerprint density at radius 2 is 1.90 bits per heavy atom. The van der Waals surface area contributed by atoms with Crippen LogP contribution >= 0.6 is 11.6 Å². The number of nitrogens with one attached hydrogen (secondary N) is 1. The lowest BCUT2D eigenvalue weighted by Crippen LogP contribution is -2.36. The molecule has 4 rings (SSSR count). The molecule has 0 spiro atoms. The Morgan fingerprint density at radius 3 is 2.62 bits per heavy atom. The molecule has 1 atom stereocenters. The summed E-state index contributed by atoms with van der Waals surface area (Å²) >= 11 is 5.81. The monoisotopic (exact) mass is 414 g/mol. The topological polar surface area (TPSA) is 84.9 Å². The molecule has 2 aliphatic rings. The van der Waals surface area contributed by atoms with Crippen LogP contribution in [0.3, 0.4) is 0 Å². The highest BCUT2D eigenvalue weighted by atomic mass is 35.5. The van der Waals surface area contributed by atoms with E-state index < -0.39 is 0 Å². The summed E-state index contributed by atoms with van der Waals surface area (Å²) in [6.45, 7) is 0.710. The van der Waals surface area contributed by atoms with E-state index in [2.05, 4.69) is 5.32 Å². The Hall–Kier alpha value is -2.90. The van der Waals surface area contributed by atoms with Crippen molar-refractivity contribution in [2.45, 2.75) is 18.9 Å². The molecule has 0 saturated carbocycles. The van der Waals surface area contributed by atoms with Crippen LogP contribution in [-0.4, -0.2) is 48.5 Å². The molecule has 29 heavy (non-hydrogen) atoms. The lowest BCUT2D eigenvalue weighted by Gasteiger charge is -2.17. The zero-order valence-corrected chi connectivity index (χ0v) is 16.3. The molecule has 1 unspecified atom stereocenters. The average molecular weight is 415 g/mol. The number of hydrogen-bond acceptors (Lipinski definition) is 5.